The van der Waals surface area contributed by atoms with E-state index in [1.54, 1.807) is 23.6 Å². The molecule has 1 atom stereocenters. The molecule has 1 aromatic carbocycles. The number of nitroso groups, excluding NO2 is 1. The van der Waals surface area contributed by atoms with E-state index < -0.39 is 11.5 Å². The van der Waals surface area contributed by atoms with Gasteiger partial charge in [-0.25, -0.2) is 9.79 Å². The number of aromatic nitrogens is 1. The Morgan fingerprint density at radius 3 is 2.76 bits per heavy atom. The van der Waals surface area contributed by atoms with Crippen molar-refractivity contribution in [2.75, 3.05) is 14.1 Å². The normalized spacial score (nSPS) is 20.8. The van der Waals surface area contributed by atoms with E-state index in [4.69, 9.17) is 9.73 Å². The summed E-state index contributed by atoms with van der Waals surface area (Å²) in [7, 11) is 3.89. The molecule has 34 heavy (non-hydrogen) atoms. The second-order valence-electron chi connectivity index (χ2n) is 9.35. The Kier molecular flexibility index (Phi) is 5.24. The minimum absolute atomic E-state index is 0.0218. The van der Waals surface area contributed by atoms with E-state index in [0.717, 1.165) is 22.4 Å². The van der Waals surface area contributed by atoms with Gasteiger partial charge in [-0.05, 0) is 61.8 Å². The van der Waals surface area contributed by atoms with Crippen molar-refractivity contribution in [2.45, 2.75) is 51.4 Å². The van der Waals surface area contributed by atoms with Crippen molar-refractivity contribution in [3.05, 3.63) is 73.1 Å². The van der Waals surface area contributed by atoms with E-state index in [2.05, 4.69) is 11.3 Å². The van der Waals surface area contributed by atoms with Crippen LogP contribution < -0.4 is 5.56 Å². The van der Waals surface area contributed by atoms with Crippen LogP contribution in [0.25, 0.3) is 0 Å². The monoisotopic (exact) mass is 462 g/mol. The lowest BCUT2D eigenvalue weighted by Crippen LogP contribution is -2.38. The molecule has 176 valence electrons. The molecular formula is C25H26N4O5. The molecule has 0 aliphatic carbocycles. The third-order valence-corrected chi connectivity index (χ3v) is 6.98. The Bertz CT molecular complexity index is 1350. The van der Waals surface area contributed by atoms with E-state index in [0.29, 0.717) is 42.0 Å². The third kappa shape index (κ3) is 3.30. The standard InChI is InChI=1S/C25H26N4O5/c1-4-25(27-33)10-15-9-20-22-14(11-29(20)23(31)18(15)13-34-24(25)32)5-6-16-17(12-28(2)3)21(30)8-7-19(16)26-22/h5,7-9,30H,4,6,10-13H2,1-3H3/t25-/m0/s1. The summed E-state index contributed by atoms with van der Waals surface area (Å²) < 4.78 is 6.94. The smallest absolute Gasteiger partial charge is 0.338 e. The number of aliphatic imine (C=N–C) groups is 1. The van der Waals surface area contributed by atoms with Gasteiger partial charge in [0.15, 0.2) is 0 Å². The Morgan fingerprint density at radius 1 is 1.26 bits per heavy atom. The van der Waals surface area contributed by atoms with Gasteiger partial charge in [-0.2, -0.15) is 0 Å². The van der Waals surface area contributed by atoms with Crippen LogP contribution in [0.4, 0.5) is 5.69 Å². The first-order valence-electron chi connectivity index (χ1n) is 11.3. The molecule has 0 fully saturated rings. The molecule has 2 aromatic rings. The van der Waals surface area contributed by atoms with Crippen LogP contribution in [0.3, 0.4) is 0 Å². The Hall–Kier alpha value is -3.59. The molecule has 0 saturated carbocycles. The molecule has 0 unspecified atom stereocenters. The predicted octanol–water partition coefficient (Wildman–Crippen LogP) is 2.75. The number of aromatic hydroxyl groups is 1. The number of carbonyl (C=O) groups is 1. The van der Waals surface area contributed by atoms with Crippen LogP contribution in [0.15, 0.2) is 44.8 Å². The number of hydrogen-bond donors (Lipinski definition) is 1. The molecule has 4 heterocycles. The number of ether oxygens (including phenoxy) is 1. The van der Waals surface area contributed by atoms with E-state index >= 15 is 0 Å². The molecule has 0 amide bonds. The minimum Gasteiger partial charge on any atom is -0.508 e. The van der Waals surface area contributed by atoms with Crippen molar-refractivity contribution in [2.24, 2.45) is 10.2 Å². The molecule has 3 aliphatic rings. The van der Waals surface area contributed by atoms with Gasteiger partial charge in [0.2, 0.25) is 5.54 Å². The summed E-state index contributed by atoms with van der Waals surface area (Å²) >= 11 is 0. The van der Waals surface area contributed by atoms with Crippen LogP contribution in [-0.4, -0.2) is 45.9 Å². The lowest BCUT2D eigenvalue weighted by molar-refractivity contribution is -0.150. The minimum atomic E-state index is -1.54. The van der Waals surface area contributed by atoms with E-state index in [9.17, 15) is 19.6 Å². The fourth-order valence-corrected chi connectivity index (χ4v) is 5.01. The summed E-state index contributed by atoms with van der Waals surface area (Å²) in [5, 5.41) is 13.6. The highest BCUT2D eigenvalue weighted by Gasteiger charge is 2.44. The number of phenols is 1. The van der Waals surface area contributed by atoms with E-state index in [1.807, 2.05) is 25.1 Å². The second kappa shape index (κ2) is 8.02. The highest BCUT2D eigenvalue weighted by molar-refractivity contribution is 6.15. The van der Waals surface area contributed by atoms with Gasteiger partial charge in [-0.1, -0.05) is 18.2 Å². The van der Waals surface area contributed by atoms with Crippen molar-refractivity contribution in [1.29, 1.82) is 0 Å². The van der Waals surface area contributed by atoms with Crippen molar-refractivity contribution in [3.63, 3.8) is 0 Å². The van der Waals surface area contributed by atoms with Crippen molar-refractivity contribution < 1.29 is 14.6 Å². The van der Waals surface area contributed by atoms with Crippen LogP contribution in [0.1, 0.15) is 41.3 Å². The van der Waals surface area contributed by atoms with Crippen LogP contribution in [0.2, 0.25) is 0 Å². The molecule has 0 spiro atoms. The Morgan fingerprint density at radius 2 is 2.06 bits per heavy atom. The van der Waals surface area contributed by atoms with Crippen molar-refractivity contribution >= 4 is 17.4 Å². The van der Waals surface area contributed by atoms with Crippen molar-refractivity contribution in [3.8, 4) is 5.75 Å². The average Bonchev–Trinajstić information content (AvgIpc) is 2.95. The van der Waals surface area contributed by atoms with Crippen LogP contribution >= 0.6 is 0 Å². The number of pyridine rings is 1. The lowest BCUT2D eigenvalue weighted by Gasteiger charge is -2.20. The summed E-state index contributed by atoms with van der Waals surface area (Å²) in [5.41, 5.74) is 4.01. The van der Waals surface area contributed by atoms with Gasteiger partial charge in [-0.15, -0.1) is 4.91 Å². The number of nitrogens with zero attached hydrogens (tertiary/aromatic N) is 4. The van der Waals surface area contributed by atoms with Gasteiger partial charge in [-0.3, -0.25) is 4.79 Å². The maximum Gasteiger partial charge on any atom is 0.338 e. The Labute approximate surface area is 196 Å². The quantitative estimate of drug-likeness (QED) is 0.552. The summed E-state index contributed by atoms with van der Waals surface area (Å²) in [5.74, 6) is -0.456. The molecule has 0 bridgehead atoms. The molecule has 1 N–H and O–H groups in total. The van der Waals surface area contributed by atoms with Crippen molar-refractivity contribution in [1.82, 2.24) is 9.47 Å². The highest BCUT2D eigenvalue weighted by Crippen LogP contribution is 2.37. The number of allylic oxidation sites excluding steroid dienone is 2. The van der Waals surface area contributed by atoms with E-state index in [-0.39, 0.29) is 30.8 Å². The van der Waals surface area contributed by atoms with Gasteiger partial charge in [0.1, 0.15) is 12.4 Å². The molecule has 9 heteroatoms. The lowest BCUT2D eigenvalue weighted by atomic mass is 9.88. The Balaban J connectivity index is 1.67. The van der Waals surface area contributed by atoms with Gasteiger partial charge >= 0.3 is 5.97 Å². The predicted molar refractivity (Wildman–Crippen MR) is 127 cm³/mol. The molecule has 0 radical (unpaired) electrons. The zero-order chi connectivity index (χ0) is 24.2. The maximum absolute atomic E-state index is 13.4. The fourth-order valence-electron chi connectivity index (χ4n) is 5.01. The zero-order valence-corrected chi connectivity index (χ0v) is 19.4. The highest BCUT2D eigenvalue weighted by atomic mass is 16.5. The van der Waals surface area contributed by atoms with Gasteiger partial charge in [0, 0.05) is 18.5 Å². The third-order valence-electron chi connectivity index (χ3n) is 6.98. The molecule has 3 aliphatic heterocycles. The molecule has 9 nitrogen and oxygen atoms in total. The van der Waals surface area contributed by atoms with Gasteiger partial charge < -0.3 is 19.3 Å². The number of fused-ring (bicyclic) bond motifs is 5. The fraction of sp³-hybridized carbons (Fsp3) is 0.400. The first-order chi connectivity index (χ1) is 16.3. The number of benzene rings is 1. The number of hydrogen-bond acceptors (Lipinski definition) is 8. The number of esters is 1. The van der Waals surface area contributed by atoms with Crippen LogP contribution in [-0.2, 0) is 42.1 Å². The van der Waals surface area contributed by atoms with Gasteiger partial charge in [0.05, 0.1) is 29.2 Å². The van der Waals surface area contributed by atoms with Crippen LogP contribution in [0, 0.1) is 4.91 Å². The topological polar surface area (TPSA) is 114 Å². The number of carbonyl (C=O) groups excluding carboxylic acids is 1. The number of rotatable bonds is 4. The van der Waals surface area contributed by atoms with Gasteiger partial charge in [0.25, 0.3) is 5.56 Å². The summed E-state index contributed by atoms with van der Waals surface area (Å²) in [4.78, 5) is 44.5. The summed E-state index contributed by atoms with van der Waals surface area (Å²) in [6, 6.07) is 5.29. The molecule has 1 aromatic heterocycles. The SMILES string of the molecule is CC[C@]1(N=O)Cc2cc3n(c(=O)c2COC1=O)CC1=CCc2c(ccc(O)c2CN(C)C)N=C13. The maximum atomic E-state index is 13.4. The van der Waals surface area contributed by atoms with E-state index in [1.165, 1.54) is 0 Å². The molecule has 0 saturated heterocycles. The summed E-state index contributed by atoms with van der Waals surface area (Å²) in [6.45, 7) is 2.48. The molecule has 5 rings (SSSR count). The number of cyclic esters (lactones) is 1. The first kappa shape index (κ1) is 22.2. The summed E-state index contributed by atoms with van der Waals surface area (Å²) in [6.07, 6.45) is 2.85. The molecular weight excluding hydrogens is 436 g/mol. The largest absolute Gasteiger partial charge is 0.508 e. The number of phenolic OH excluding ortho intramolecular Hbond substituents is 1. The van der Waals surface area contributed by atoms with Crippen LogP contribution in [0.5, 0.6) is 5.75 Å². The first-order valence-corrected chi connectivity index (χ1v) is 11.3. The average molecular weight is 463 g/mol. The zero-order valence-electron chi connectivity index (χ0n) is 19.4. The second-order valence-corrected chi connectivity index (χ2v) is 9.35.